The number of allylic oxidation sites excluding steroid dienone is 1. The average Bonchev–Trinajstić information content (AvgIpc) is 3.07. The van der Waals surface area contributed by atoms with Crippen LogP contribution in [-0.4, -0.2) is 23.2 Å². The second-order valence-corrected chi connectivity index (χ2v) is 9.07. The Balaban J connectivity index is 1.99. The molecule has 3 aromatic rings. The van der Waals surface area contributed by atoms with Crippen molar-refractivity contribution in [3.63, 3.8) is 0 Å². The molecule has 6 nitrogen and oxygen atoms in total. The van der Waals surface area contributed by atoms with Crippen LogP contribution >= 0.6 is 11.3 Å². The number of ether oxygens (including phenoxy) is 2. The van der Waals surface area contributed by atoms with E-state index in [4.69, 9.17) is 9.47 Å². The molecule has 34 heavy (non-hydrogen) atoms. The summed E-state index contributed by atoms with van der Waals surface area (Å²) in [5.74, 6) is -0.356. The summed E-state index contributed by atoms with van der Waals surface area (Å²) in [4.78, 5) is 31.7. The van der Waals surface area contributed by atoms with Gasteiger partial charge in [0.05, 0.1) is 28.5 Å². The van der Waals surface area contributed by atoms with Crippen molar-refractivity contribution in [1.29, 1.82) is 0 Å². The van der Waals surface area contributed by atoms with Crippen LogP contribution in [0.1, 0.15) is 44.9 Å². The number of hydrogen-bond acceptors (Lipinski definition) is 6. The Kier molecular flexibility index (Phi) is 6.79. The van der Waals surface area contributed by atoms with E-state index in [0.29, 0.717) is 31.9 Å². The van der Waals surface area contributed by atoms with Crippen molar-refractivity contribution in [2.24, 2.45) is 4.99 Å². The van der Waals surface area contributed by atoms with E-state index in [1.165, 1.54) is 28.0 Å². The van der Waals surface area contributed by atoms with Crippen molar-refractivity contribution in [2.75, 3.05) is 6.61 Å². The minimum atomic E-state index is -0.778. The van der Waals surface area contributed by atoms with Gasteiger partial charge in [0.25, 0.3) is 5.56 Å². The number of benzene rings is 2. The first kappa shape index (κ1) is 23.6. The summed E-state index contributed by atoms with van der Waals surface area (Å²) in [6, 6.07) is 12.6. The van der Waals surface area contributed by atoms with Crippen LogP contribution in [0.2, 0.25) is 0 Å². The third-order valence-corrected chi connectivity index (χ3v) is 6.22. The van der Waals surface area contributed by atoms with E-state index < -0.39 is 12.0 Å². The lowest BCUT2D eigenvalue weighted by molar-refractivity contribution is -0.139. The molecule has 1 aliphatic rings. The topological polar surface area (TPSA) is 69.9 Å². The molecule has 0 bridgehead atoms. The molecule has 8 heteroatoms. The third-order valence-electron chi connectivity index (χ3n) is 5.24. The summed E-state index contributed by atoms with van der Waals surface area (Å²) in [7, 11) is 0. The molecule has 176 valence electrons. The van der Waals surface area contributed by atoms with E-state index >= 15 is 0 Å². The molecule has 0 aliphatic carbocycles. The van der Waals surface area contributed by atoms with E-state index in [1.54, 1.807) is 32.1 Å². The van der Waals surface area contributed by atoms with Crippen LogP contribution in [0, 0.1) is 5.82 Å². The minimum absolute atomic E-state index is 0.110. The number of aromatic nitrogens is 1. The highest BCUT2D eigenvalue weighted by atomic mass is 32.1. The summed E-state index contributed by atoms with van der Waals surface area (Å²) < 4.78 is 26.9. The normalized spacial score (nSPS) is 15.8. The predicted molar refractivity (Wildman–Crippen MR) is 129 cm³/mol. The number of hydrogen-bond donors (Lipinski definition) is 0. The molecular formula is C26H25FN2O4S. The monoisotopic (exact) mass is 480 g/mol. The smallest absolute Gasteiger partial charge is 0.338 e. The van der Waals surface area contributed by atoms with E-state index in [-0.39, 0.29) is 29.7 Å². The number of para-hydroxylation sites is 1. The molecular weight excluding hydrogens is 455 g/mol. The Morgan fingerprint density at radius 2 is 2.00 bits per heavy atom. The van der Waals surface area contributed by atoms with Gasteiger partial charge in [0.1, 0.15) is 17.6 Å². The zero-order valence-corrected chi connectivity index (χ0v) is 20.2. The number of thiazole rings is 1. The molecule has 0 spiro atoms. The number of fused-ring (bicyclic) bond motifs is 1. The van der Waals surface area contributed by atoms with Gasteiger partial charge in [0, 0.05) is 5.56 Å². The van der Waals surface area contributed by atoms with Gasteiger partial charge in [0.15, 0.2) is 4.80 Å². The summed E-state index contributed by atoms with van der Waals surface area (Å²) in [6.07, 6.45) is 1.52. The van der Waals surface area contributed by atoms with Crippen molar-refractivity contribution in [2.45, 2.75) is 39.8 Å². The molecule has 2 aromatic carbocycles. The maximum Gasteiger partial charge on any atom is 0.338 e. The zero-order chi connectivity index (χ0) is 24.4. The maximum atomic E-state index is 13.7. The number of carbonyl (C=O) groups excluding carboxylic acids is 1. The summed E-state index contributed by atoms with van der Waals surface area (Å²) >= 11 is 1.19. The van der Waals surface area contributed by atoms with Gasteiger partial charge in [-0.15, -0.1) is 0 Å². The quantitative estimate of drug-likeness (QED) is 0.504. The van der Waals surface area contributed by atoms with E-state index in [0.717, 1.165) is 0 Å². The van der Waals surface area contributed by atoms with E-state index in [1.807, 2.05) is 38.1 Å². The van der Waals surface area contributed by atoms with Gasteiger partial charge in [-0.2, -0.15) is 0 Å². The average molecular weight is 481 g/mol. The Morgan fingerprint density at radius 3 is 2.71 bits per heavy atom. The molecule has 0 saturated heterocycles. The van der Waals surface area contributed by atoms with Gasteiger partial charge in [-0.1, -0.05) is 41.7 Å². The van der Waals surface area contributed by atoms with Crippen molar-refractivity contribution in [1.82, 2.24) is 4.57 Å². The second kappa shape index (κ2) is 9.77. The van der Waals surface area contributed by atoms with Gasteiger partial charge in [-0.3, -0.25) is 9.36 Å². The molecule has 4 rings (SSSR count). The highest BCUT2D eigenvalue weighted by Gasteiger charge is 2.35. The molecule has 0 unspecified atom stereocenters. The van der Waals surface area contributed by atoms with Crippen LogP contribution in [0.25, 0.3) is 6.08 Å². The lowest BCUT2D eigenvalue weighted by Crippen LogP contribution is -2.40. The fourth-order valence-corrected chi connectivity index (χ4v) is 4.95. The number of halogens is 1. The fraction of sp³-hybridized carbons (Fsp3) is 0.269. The van der Waals surface area contributed by atoms with Crippen molar-refractivity contribution in [3.8, 4) is 5.75 Å². The van der Waals surface area contributed by atoms with Crippen LogP contribution in [0.3, 0.4) is 0 Å². The van der Waals surface area contributed by atoms with Gasteiger partial charge in [-0.25, -0.2) is 14.2 Å². The SMILES string of the molecule is CCOC(=O)C1=C(C)N=c2s/c(=C/c3cccc(F)c3)c(=O)n2[C@@H]1c1ccccc1OC(C)C. The maximum absolute atomic E-state index is 13.7. The van der Waals surface area contributed by atoms with Crippen LogP contribution < -0.4 is 19.6 Å². The highest BCUT2D eigenvalue weighted by Crippen LogP contribution is 2.36. The Labute approximate surface area is 200 Å². The first-order valence-electron chi connectivity index (χ1n) is 11.0. The van der Waals surface area contributed by atoms with Crippen LogP contribution in [0.5, 0.6) is 5.75 Å². The van der Waals surface area contributed by atoms with Gasteiger partial charge in [0.2, 0.25) is 0 Å². The second-order valence-electron chi connectivity index (χ2n) is 8.06. The number of nitrogens with zero attached hydrogens (tertiary/aromatic N) is 2. The number of esters is 1. The summed E-state index contributed by atoms with van der Waals surface area (Å²) in [6.45, 7) is 7.47. The van der Waals surface area contributed by atoms with Crippen LogP contribution in [-0.2, 0) is 9.53 Å². The largest absolute Gasteiger partial charge is 0.491 e. The van der Waals surface area contributed by atoms with Crippen LogP contribution in [0.15, 0.2) is 69.6 Å². The van der Waals surface area contributed by atoms with E-state index in [2.05, 4.69) is 4.99 Å². The third kappa shape index (κ3) is 4.59. The summed E-state index contributed by atoms with van der Waals surface area (Å²) in [5, 5.41) is 0. The molecule has 1 atom stereocenters. The minimum Gasteiger partial charge on any atom is -0.491 e. The number of rotatable bonds is 6. The fourth-order valence-electron chi connectivity index (χ4n) is 3.90. The van der Waals surface area contributed by atoms with Crippen molar-refractivity contribution in [3.05, 3.63) is 96.4 Å². The Morgan fingerprint density at radius 1 is 1.24 bits per heavy atom. The number of carbonyl (C=O) groups is 1. The van der Waals surface area contributed by atoms with Crippen LogP contribution in [0.4, 0.5) is 4.39 Å². The molecule has 0 fully saturated rings. The standard InChI is InChI=1S/C26H25FN2O4S/c1-5-32-25(31)22-16(4)28-26-29(23(22)19-11-6-7-12-20(19)33-15(2)3)24(30)21(34-26)14-17-9-8-10-18(27)13-17/h6-15,23H,5H2,1-4H3/b21-14+/t23-/m1/s1. The first-order valence-corrected chi connectivity index (χ1v) is 11.8. The van der Waals surface area contributed by atoms with Crippen molar-refractivity contribution < 1.29 is 18.7 Å². The molecule has 0 amide bonds. The molecule has 0 radical (unpaired) electrons. The molecule has 0 N–H and O–H groups in total. The Hall–Kier alpha value is -3.52. The van der Waals surface area contributed by atoms with Gasteiger partial charge >= 0.3 is 5.97 Å². The highest BCUT2D eigenvalue weighted by molar-refractivity contribution is 7.07. The molecule has 2 heterocycles. The zero-order valence-electron chi connectivity index (χ0n) is 19.4. The van der Waals surface area contributed by atoms with Gasteiger partial charge in [-0.05, 0) is 57.5 Å². The molecule has 1 aliphatic heterocycles. The Bertz CT molecular complexity index is 1450. The molecule has 0 saturated carbocycles. The predicted octanol–water partition coefficient (Wildman–Crippen LogP) is 3.72. The first-order chi connectivity index (χ1) is 16.3. The lowest BCUT2D eigenvalue weighted by Gasteiger charge is -2.26. The molecule has 1 aromatic heterocycles. The lowest BCUT2D eigenvalue weighted by atomic mass is 9.95. The van der Waals surface area contributed by atoms with Crippen molar-refractivity contribution >= 4 is 23.4 Å². The van der Waals surface area contributed by atoms with E-state index in [9.17, 15) is 14.0 Å². The van der Waals surface area contributed by atoms with Gasteiger partial charge < -0.3 is 9.47 Å². The summed E-state index contributed by atoms with van der Waals surface area (Å²) in [5.41, 5.74) is 1.65.